The smallest absolute Gasteiger partial charge is 0.225 e. The van der Waals surface area contributed by atoms with Crippen molar-refractivity contribution in [3.63, 3.8) is 0 Å². The van der Waals surface area contributed by atoms with Crippen LogP contribution in [0.3, 0.4) is 0 Å². The van der Waals surface area contributed by atoms with Crippen molar-refractivity contribution in [1.29, 1.82) is 0 Å². The Hall–Kier alpha value is -1.91. The summed E-state index contributed by atoms with van der Waals surface area (Å²) in [5.41, 5.74) is 0.946. The third kappa shape index (κ3) is 3.86. The van der Waals surface area contributed by atoms with Crippen molar-refractivity contribution in [2.24, 2.45) is 17.8 Å². The molecule has 5 nitrogen and oxygen atoms in total. The number of amides is 2. The minimum absolute atomic E-state index is 0.0224. The summed E-state index contributed by atoms with van der Waals surface area (Å²) in [6.07, 6.45) is 9.33. The van der Waals surface area contributed by atoms with Crippen molar-refractivity contribution >= 4 is 11.8 Å². The molecule has 5 heteroatoms. The van der Waals surface area contributed by atoms with E-state index in [0.29, 0.717) is 24.8 Å². The zero-order valence-corrected chi connectivity index (χ0v) is 14.7. The van der Waals surface area contributed by atoms with E-state index in [4.69, 9.17) is 0 Å². The molecule has 2 atom stereocenters. The average molecular weight is 341 g/mol. The molecule has 2 aliphatic carbocycles. The van der Waals surface area contributed by atoms with Gasteiger partial charge in [0.05, 0.1) is 17.7 Å². The fourth-order valence-electron chi connectivity index (χ4n) is 4.29. The summed E-state index contributed by atoms with van der Waals surface area (Å²) in [5.74, 6) is 1.08. The molecule has 2 amide bonds. The molecule has 3 aliphatic rings. The van der Waals surface area contributed by atoms with E-state index in [-0.39, 0.29) is 23.8 Å². The molecule has 1 N–H and O–H groups in total. The first kappa shape index (κ1) is 16.6. The highest BCUT2D eigenvalue weighted by atomic mass is 16.2. The lowest BCUT2D eigenvalue weighted by Crippen LogP contribution is -2.38. The Morgan fingerprint density at radius 1 is 1.24 bits per heavy atom. The van der Waals surface area contributed by atoms with E-state index in [1.165, 1.54) is 25.7 Å². The summed E-state index contributed by atoms with van der Waals surface area (Å²) < 4.78 is 0. The first-order valence-electron chi connectivity index (χ1n) is 9.70. The molecule has 1 aromatic rings. The Morgan fingerprint density at radius 2 is 2.04 bits per heavy atom. The van der Waals surface area contributed by atoms with Gasteiger partial charge in [0, 0.05) is 25.7 Å². The lowest BCUT2D eigenvalue weighted by Gasteiger charge is -2.25. The third-order valence-electron chi connectivity index (χ3n) is 5.94. The first-order chi connectivity index (χ1) is 12.2. The number of aromatic nitrogens is 1. The highest BCUT2D eigenvalue weighted by Crippen LogP contribution is 2.36. The molecule has 0 spiro atoms. The van der Waals surface area contributed by atoms with Crippen LogP contribution in [0.4, 0.5) is 0 Å². The maximum Gasteiger partial charge on any atom is 0.225 e. The van der Waals surface area contributed by atoms with Crippen LogP contribution in [-0.4, -0.2) is 34.8 Å². The monoisotopic (exact) mass is 341 g/mol. The van der Waals surface area contributed by atoms with E-state index in [2.05, 4.69) is 10.3 Å². The molecule has 25 heavy (non-hydrogen) atoms. The Morgan fingerprint density at radius 3 is 2.72 bits per heavy atom. The largest absolute Gasteiger partial charge is 0.347 e. The van der Waals surface area contributed by atoms with Gasteiger partial charge in [0.2, 0.25) is 11.8 Å². The second-order valence-corrected chi connectivity index (χ2v) is 7.93. The van der Waals surface area contributed by atoms with Crippen LogP contribution in [0.2, 0.25) is 0 Å². The molecule has 4 rings (SSSR count). The van der Waals surface area contributed by atoms with Crippen molar-refractivity contribution < 1.29 is 9.59 Å². The lowest BCUT2D eigenvalue weighted by molar-refractivity contribution is -0.129. The van der Waals surface area contributed by atoms with E-state index < -0.39 is 0 Å². The van der Waals surface area contributed by atoms with E-state index in [9.17, 15) is 9.59 Å². The van der Waals surface area contributed by atoms with E-state index in [1.54, 1.807) is 6.20 Å². The molecule has 3 fully saturated rings. The molecule has 1 saturated heterocycles. The predicted octanol–water partition coefficient (Wildman–Crippen LogP) is 2.69. The number of carbonyl (C=O) groups is 2. The van der Waals surface area contributed by atoms with Gasteiger partial charge in [0.15, 0.2) is 0 Å². The first-order valence-corrected chi connectivity index (χ1v) is 9.70. The topological polar surface area (TPSA) is 62.3 Å². The summed E-state index contributed by atoms with van der Waals surface area (Å²) in [4.78, 5) is 31.4. The maximum atomic E-state index is 12.9. The molecule has 1 aromatic heterocycles. The quantitative estimate of drug-likeness (QED) is 0.865. The number of rotatable bonds is 6. The maximum absolute atomic E-state index is 12.9. The average Bonchev–Trinajstić information content (AvgIpc) is 3.13. The molecule has 0 aromatic carbocycles. The molecular formula is C20H27N3O2. The second-order valence-electron chi connectivity index (χ2n) is 7.93. The van der Waals surface area contributed by atoms with Gasteiger partial charge in [-0.1, -0.05) is 18.9 Å². The number of nitrogens with zero attached hydrogens (tertiary/aromatic N) is 2. The normalized spacial score (nSPS) is 25.4. The summed E-state index contributed by atoms with van der Waals surface area (Å²) in [6.45, 7) is 1.43. The van der Waals surface area contributed by atoms with Gasteiger partial charge in [-0.3, -0.25) is 14.6 Å². The van der Waals surface area contributed by atoms with Gasteiger partial charge < -0.3 is 10.2 Å². The number of carbonyl (C=O) groups excluding carboxylic acids is 2. The molecule has 134 valence electrons. The fourth-order valence-corrected chi connectivity index (χ4v) is 4.29. The van der Waals surface area contributed by atoms with Crippen LogP contribution < -0.4 is 5.32 Å². The summed E-state index contributed by atoms with van der Waals surface area (Å²) in [5, 5.41) is 3.25. The standard InChI is InChI=1S/C20H27N3O2/c24-18-11-16(13-23(18)12-14-8-9-14)20(25)22-19(15-5-1-2-6-15)17-7-3-4-10-21-17/h3-4,7,10,14-16,19H,1-2,5-6,8-9,11-13H2,(H,22,25). The molecular weight excluding hydrogens is 314 g/mol. The zero-order valence-electron chi connectivity index (χ0n) is 14.7. The van der Waals surface area contributed by atoms with Gasteiger partial charge in [0.25, 0.3) is 0 Å². The summed E-state index contributed by atoms with van der Waals surface area (Å²) in [7, 11) is 0. The third-order valence-corrected chi connectivity index (χ3v) is 5.94. The molecule has 2 heterocycles. The van der Waals surface area contributed by atoms with E-state index in [0.717, 1.165) is 25.1 Å². The van der Waals surface area contributed by atoms with Crippen LogP contribution in [-0.2, 0) is 9.59 Å². The molecule has 2 unspecified atom stereocenters. The van der Waals surface area contributed by atoms with Crippen LogP contribution in [0.5, 0.6) is 0 Å². The molecule has 0 radical (unpaired) electrons. The molecule has 2 saturated carbocycles. The zero-order chi connectivity index (χ0) is 17.2. The minimum Gasteiger partial charge on any atom is -0.347 e. The number of likely N-dealkylation sites (tertiary alicyclic amines) is 1. The summed E-state index contributed by atoms with van der Waals surface area (Å²) in [6, 6.07) is 5.86. The number of hydrogen-bond acceptors (Lipinski definition) is 3. The Bertz CT molecular complexity index is 623. The fraction of sp³-hybridized carbons (Fsp3) is 0.650. The number of nitrogens with one attached hydrogen (secondary N) is 1. The van der Waals surface area contributed by atoms with Gasteiger partial charge in [0.1, 0.15) is 0 Å². The van der Waals surface area contributed by atoms with Crippen molar-refractivity contribution in [3.05, 3.63) is 30.1 Å². The summed E-state index contributed by atoms with van der Waals surface area (Å²) >= 11 is 0. The Labute approximate surface area is 149 Å². The van der Waals surface area contributed by atoms with Crippen molar-refractivity contribution in [2.75, 3.05) is 13.1 Å². The van der Waals surface area contributed by atoms with Gasteiger partial charge in [-0.05, 0) is 49.7 Å². The van der Waals surface area contributed by atoms with Gasteiger partial charge in [-0.25, -0.2) is 0 Å². The highest BCUT2D eigenvalue weighted by Gasteiger charge is 2.38. The van der Waals surface area contributed by atoms with Crippen LogP contribution in [0.1, 0.15) is 56.7 Å². The number of hydrogen-bond donors (Lipinski definition) is 1. The van der Waals surface area contributed by atoms with Crippen LogP contribution >= 0.6 is 0 Å². The van der Waals surface area contributed by atoms with Crippen LogP contribution in [0, 0.1) is 17.8 Å². The van der Waals surface area contributed by atoms with Crippen molar-refractivity contribution in [3.8, 4) is 0 Å². The van der Waals surface area contributed by atoms with Crippen molar-refractivity contribution in [1.82, 2.24) is 15.2 Å². The molecule has 1 aliphatic heterocycles. The minimum atomic E-state index is -0.209. The SMILES string of the molecule is O=C(NC(c1ccccn1)C1CCCC1)C1CC(=O)N(CC2CC2)C1. The highest BCUT2D eigenvalue weighted by molar-refractivity contribution is 5.89. The van der Waals surface area contributed by atoms with Gasteiger partial charge in [-0.15, -0.1) is 0 Å². The van der Waals surface area contributed by atoms with Crippen LogP contribution in [0.15, 0.2) is 24.4 Å². The Balaban J connectivity index is 1.42. The van der Waals surface area contributed by atoms with Gasteiger partial charge in [-0.2, -0.15) is 0 Å². The van der Waals surface area contributed by atoms with E-state index in [1.807, 2.05) is 23.1 Å². The second kappa shape index (κ2) is 7.14. The van der Waals surface area contributed by atoms with Crippen LogP contribution in [0.25, 0.3) is 0 Å². The lowest BCUT2D eigenvalue weighted by atomic mass is 9.94. The molecule has 0 bridgehead atoms. The van der Waals surface area contributed by atoms with Gasteiger partial charge >= 0.3 is 0 Å². The number of pyridine rings is 1. The van der Waals surface area contributed by atoms with E-state index >= 15 is 0 Å². The predicted molar refractivity (Wildman–Crippen MR) is 94.5 cm³/mol. The van der Waals surface area contributed by atoms with Crippen molar-refractivity contribution in [2.45, 2.75) is 51.0 Å². The Kier molecular flexibility index (Phi) is 4.73.